The zero-order valence-corrected chi connectivity index (χ0v) is 18.0. The second-order valence-corrected chi connectivity index (χ2v) is 9.01. The smallest absolute Gasteiger partial charge is 0.408 e. The van der Waals surface area contributed by atoms with E-state index in [1.807, 2.05) is 0 Å². The van der Waals surface area contributed by atoms with Crippen LogP contribution in [0.25, 0.3) is 0 Å². The van der Waals surface area contributed by atoms with Crippen molar-refractivity contribution in [3.8, 4) is 0 Å². The Morgan fingerprint density at radius 2 is 1.80 bits per heavy atom. The van der Waals surface area contributed by atoms with Gasteiger partial charge < -0.3 is 35.8 Å². The first-order valence-corrected chi connectivity index (χ1v) is 9.99. The predicted octanol–water partition coefficient (Wildman–Crippen LogP) is -1.30. The van der Waals surface area contributed by atoms with Crippen LogP contribution in [-0.2, 0) is 19.1 Å². The first-order chi connectivity index (χ1) is 13.7. The summed E-state index contributed by atoms with van der Waals surface area (Å²) < 4.78 is 5.16. The molecule has 2 saturated heterocycles. The Labute approximate surface area is 175 Å². The second-order valence-electron chi connectivity index (χ2n) is 9.01. The predicted molar refractivity (Wildman–Crippen MR) is 105 cm³/mol. The van der Waals surface area contributed by atoms with Crippen molar-refractivity contribution in [2.75, 3.05) is 13.1 Å². The van der Waals surface area contributed by atoms with Crippen LogP contribution in [0.1, 0.15) is 47.5 Å². The van der Waals surface area contributed by atoms with Gasteiger partial charge in [-0.2, -0.15) is 0 Å². The first-order valence-electron chi connectivity index (χ1n) is 9.99. The number of carbonyl (C=O) groups is 4. The van der Waals surface area contributed by atoms with Crippen LogP contribution in [0.2, 0.25) is 0 Å². The lowest BCUT2D eigenvalue weighted by atomic mass is 9.83. The second kappa shape index (κ2) is 8.38. The number of primary amides is 1. The van der Waals surface area contributed by atoms with E-state index in [0.717, 1.165) is 4.90 Å². The van der Waals surface area contributed by atoms with E-state index >= 15 is 0 Å². The third-order valence-electron chi connectivity index (χ3n) is 5.35. The number of rotatable bonds is 6. The number of carbonyl (C=O) groups excluding carboxylic acids is 4. The number of β-lactam (4-membered cyclic amide) rings is 1. The highest BCUT2D eigenvalue weighted by Crippen LogP contribution is 2.40. The molecule has 30 heavy (non-hydrogen) atoms. The van der Waals surface area contributed by atoms with Crippen LogP contribution in [0.15, 0.2) is 0 Å². The van der Waals surface area contributed by atoms with Gasteiger partial charge in [0.15, 0.2) is 0 Å². The number of hydrogen-bond donors (Lipinski definition) is 4. The lowest BCUT2D eigenvalue weighted by Crippen LogP contribution is -2.78. The van der Waals surface area contributed by atoms with Crippen LogP contribution in [0.4, 0.5) is 4.79 Å². The van der Waals surface area contributed by atoms with Crippen molar-refractivity contribution in [1.82, 2.24) is 15.1 Å². The van der Waals surface area contributed by atoms with E-state index < -0.39 is 59.2 Å². The first kappa shape index (κ1) is 23.9. The average Bonchev–Trinajstić information content (AvgIpc) is 3.02. The molecule has 0 aromatic rings. The molecule has 2 unspecified atom stereocenters. The Kier molecular flexibility index (Phi) is 6.67. The molecule has 2 aliphatic heterocycles. The number of nitrogens with two attached hydrogens (primary N) is 1. The molecule has 0 aromatic carbocycles. The van der Waals surface area contributed by atoms with Gasteiger partial charge in [-0.05, 0) is 47.5 Å². The van der Waals surface area contributed by atoms with Gasteiger partial charge in [-0.15, -0.1) is 0 Å². The van der Waals surface area contributed by atoms with Crippen molar-refractivity contribution in [3.05, 3.63) is 0 Å². The molecule has 2 fully saturated rings. The van der Waals surface area contributed by atoms with E-state index in [1.165, 1.54) is 18.7 Å². The Hall–Kier alpha value is -2.40. The maximum Gasteiger partial charge on any atom is 0.408 e. The summed E-state index contributed by atoms with van der Waals surface area (Å²) in [5.74, 6) is -1.94. The molecular formula is C19H32N4O7. The van der Waals surface area contributed by atoms with Crippen molar-refractivity contribution < 1.29 is 34.1 Å². The molecule has 5 atom stereocenters. The zero-order valence-electron chi connectivity index (χ0n) is 18.0. The molecule has 0 aromatic heterocycles. The maximum atomic E-state index is 13.2. The number of aliphatic hydroxyl groups is 2. The molecule has 2 aliphatic rings. The lowest BCUT2D eigenvalue weighted by molar-refractivity contribution is -0.177. The van der Waals surface area contributed by atoms with Crippen LogP contribution < -0.4 is 11.1 Å². The highest BCUT2D eigenvalue weighted by atomic mass is 16.6. The number of amides is 4. The van der Waals surface area contributed by atoms with Crippen LogP contribution >= 0.6 is 0 Å². The summed E-state index contributed by atoms with van der Waals surface area (Å²) in [5.41, 5.74) is 3.35. The van der Waals surface area contributed by atoms with E-state index in [0.29, 0.717) is 12.8 Å². The van der Waals surface area contributed by atoms with Crippen molar-refractivity contribution >= 4 is 23.8 Å². The molecule has 0 bridgehead atoms. The molecule has 0 radical (unpaired) electrons. The number of likely N-dealkylation sites (tertiary alicyclic amines) is 2. The Bertz CT molecular complexity index is 718. The monoisotopic (exact) mass is 428 g/mol. The van der Waals surface area contributed by atoms with Gasteiger partial charge in [0.2, 0.25) is 11.8 Å². The molecule has 1 spiro atoms. The van der Waals surface area contributed by atoms with E-state index in [4.69, 9.17) is 10.5 Å². The van der Waals surface area contributed by atoms with Gasteiger partial charge in [-0.25, -0.2) is 4.79 Å². The van der Waals surface area contributed by atoms with Gasteiger partial charge in [0.05, 0.1) is 18.8 Å². The summed E-state index contributed by atoms with van der Waals surface area (Å²) in [7, 11) is 0. The highest BCUT2D eigenvalue weighted by molar-refractivity contribution is 6.01. The summed E-state index contributed by atoms with van der Waals surface area (Å²) >= 11 is 0. The van der Waals surface area contributed by atoms with E-state index in [9.17, 15) is 29.4 Å². The van der Waals surface area contributed by atoms with Crippen molar-refractivity contribution in [2.45, 2.75) is 82.9 Å². The number of nitrogens with zero attached hydrogens (tertiary/aromatic N) is 2. The fourth-order valence-corrected chi connectivity index (χ4v) is 4.05. The summed E-state index contributed by atoms with van der Waals surface area (Å²) in [4.78, 5) is 52.4. The number of alkyl carbamates (subject to hydrolysis) is 1. The number of ether oxygens (including phenoxy) is 1. The number of aliphatic hydroxyl groups excluding tert-OH is 2. The fraction of sp³-hybridized carbons (Fsp3) is 0.789. The molecule has 5 N–H and O–H groups in total. The zero-order chi connectivity index (χ0) is 23.0. The standard InChI is InChI=1S/C19H32N4O7/c1-10(24)12(21-17(29)30-18(3,4)5)15(27)23-8-6-7-19(23)9-22(16(19)28)13(11(2)25)14(20)26/h10-13,24-25H,6-9H2,1-5H3,(H2,20,26)(H,21,29)/t10-,11-,12+,13?,19?/m1/s1. The molecule has 0 saturated carbocycles. The van der Waals surface area contributed by atoms with Crippen LogP contribution in [0.3, 0.4) is 0 Å². The van der Waals surface area contributed by atoms with E-state index in [1.54, 1.807) is 20.8 Å². The molecule has 4 amide bonds. The summed E-state index contributed by atoms with van der Waals surface area (Å²) in [5, 5.41) is 22.3. The summed E-state index contributed by atoms with van der Waals surface area (Å²) in [6.45, 7) is 8.01. The maximum absolute atomic E-state index is 13.2. The van der Waals surface area contributed by atoms with Gasteiger partial charge >= 0.3 is 6.09 Å². The summed E-state index contributed by atoms with van der Waals surface area (Å²) in [6.07, 6.45) is -2.34. The molecule has 11 nitrogen and oxygen atoms in total. The molecule has 11 heteroatoms. The van der Waals surface area contributed by atoms with Crippen molar-refractivity contribution in [1.29, 1.82) is 0 Å². The van der Waals surface area contributed by atoms with Gasteiger partial charge in [0, 0.05) is 6.54 Å². The van der Waals surface area contributed by atoms with Gasteiger partial charge in [-0.3, -0.25) is 14.4 Å². The molecular weight excluding hydrogens is 396 g/mol. The summed E-state index contributed by atoms with van der Waals surface area (Å²) in [6, 6.07) is -2.49. The van der Waals surface area contributed by atoms with Gasteiger partial charge in [0.1, 0.15) is 23.2 Å². The Morgan fingerprint density at radius 1 is 1.20 bits per heavy atom. The van der Waals surface area contributed by atoms with Crippen LogP contribution in [-0.4, -0.2) is 92.3 Å². The SMILES string of the molecule is C[C@@H](O)C(C(N)=O)N1CC2(CCCN2C(=O)[C@@H](NC(=O)OC(C)(C)C)[C@@H](C)O)C1=O. The Balaban J connectivity index is 2.19. The van der Waals surface area contributed by atoms with Crippen molar-refractivity contribution in [3.63, 3.8) is 0 Å². The average molecular weight is 428 g/mol. The molecule has 2 heterocycles. The highest BCUT2D eigenvalue weighted by Gasteiger charge is 2.62. The van der Waals surface area contributed by atoms with Crippen LogP contribution in [0.5, 0.6) is 0 Å². The molecule has 0 aliphatic carbocycles. The normalized spacial score (nSPS) is 25.4. The minimum absolute atomic E-state index is 0.0368. The van der Waals surface area contributed by atoms with Crippen LogP contribution in [0, 0.1) is 0 Å². The lowest BCUT2D eigenvalue weighted by Gasteiger charge is -2.54. The molecule has 2 rings (SSSR count). The minimum Gasteiger partial charge on any atom is -0.444 e. The Morgan fingerprint density at radius 3 is 2.23 bits per heavy atom. The minimum atomic E-state index is -1.31. The quantitative estimate of drug-likeness (QED) is 0.382. The topological polar surface area (TPSA) is 162 Å². The third kappa shape index (κ3) is 4.51. The van der Waals surface area contributed by atoms with E-state index in [-0.39, 0.29) is 13.1 Å². The van der Waals surface area contributed by atoms with Crippen molar-refractivity contribution in [2.24, 2.45) is 5.73 Å². The van der Waals surface area contributed by atoms with Gasteiger partial charge in [0.25, 0.3) is 5.91 Å². The van der Waals surface area contributed by atoms with Gasteiger partial charge in [-0.1, -0.05) is 0 Å². The largest absolute Gasteiger partial charge is 0.444 e. The third-order valence-corrected chi connectivity index (χ3v) is 5.35. The fourth-order valence-electron chi connectivity index (χ4n) is 4.05. The number of hydrogen-bond acceptors (Lipinski definition) is 7. The van der Waals surface area contributed by atoms with E-state index in [2.05, 4.69) is 5.32 Å². The number of nitrogens with one attached hydrogen (secondary N) is 1. The molecule has 170 valence electrons.